The third-order valence-electron chi connectivity index (χ3n) is 3.03. The number of fused-ring (bicyclic) bond motifs is 1. The number of hydrogen-bond acceptors (Lipinski definition) is 5. The van der Waals surface area contributed by atoms with Crippen LogP contribution < -0.4 is 5.32 Å². The Morgan fingerprint density at radius 1 is 1.35 bits per heavy atom. The van der Waals surface area contributed by atoms with Gasteiger partial charge in [0, 0.05) is 24.8 Å². The highest BCUT2D eigenvalue weighted by Gasteiger charge is 2.43. The van der Waals surface area contributed by atoms with Gasteiger partial charge in [-0.2, -0.15) is 8.78 Å². The van der Waals surface area contributed by atoms with E-state index in [-0.39, 0.29) is 24.6 Å². The van der Waals surface area contributed by atoms with Crippen LogP contribution in [0.4, 0.5) is 14.6 Å². The molecule has 1 aromatic heterocycles. The fraction of sp³-hybridized carbons (Fsp3) is 0.667. The first kappa shape index (κ1) is 15.1. The molecule has 1 aromatic rings. The van der Waals surface area contributed by atoms with Crippen LogP contribution in [0.25, 0.3) is 0 Å². The summed E-state index contributed by atoms with van der Waals surface area (Å²) in [6.45, 7) is 4.44. The molecule has 2 rings (SSSR count). The highest BCUT2D eigenvalue weighted by Crippen LogP contribution is 2.42. The first-order chi connectivity index (χ1) is 9.11. The molecule has 5 nitrogen and oxygen atoms in total. The van der Waals surface area contributed by atoms with Crippen LogP contribution in [0.1, 0.15) is 31.5 Å². The Balaban J connectivity index is 2.54. The van der Waals surface area contributed by atoms with Crippen molar-refractivity contribution < 1.29 is 17.2 Å². The molecular weight excluding hydrogens is 288 g/mol. The molecule has 0 saturated heterocycles. The standard InChI is InChI=1S/C12H17F2N3O2S/c1-7(2)6-15-10-8-4-5-12(13,14)9(8)16-11(17-10)20(3,18)19/h7H,4-6H2,1-3H3,(H,15,16,17). The summed E-state index contributed by atoms with van der Waals surface area (Å²) in [4.78, 5) is 7.49. The van der Waals surface area contributed by atoms with E-state index in [9.17, 15) is 17.2 Å². The van der Waals surface area contributed by atoms with Crippen LogP contribution in [0.3, 0.4) is 0 Å². The average Bonchev–Trinajstić information content (AvgIpc) is 2.61. The van der Waals surface area contributed by atoms with Crippen LogP contribution in [-0.4, -0.2) is 31.2 Å². The highest BCUT2D eigenvalue weighted by molar-refractivity contribution is 7.90. The van der Waals surface area contributed by atoms with Crippen molar-refractivity contribution in [3.63, 3.8) is 0 Å². The number of halogens is 2. The average molecular weight is 305 g/mol. The van der Waals surface area contributed by atoms with Crippen LogP contribution in [0.5, 0.6) is 0 Å². The number of aromatic nitrogens is 2. The van der Waals surface area contributed by atoms with E-state index in [0.29, 0.717) is 12.1 Å². The van der Waals surface area contributed by atoms with E-state index in [1.807, 2.05) is 13.8 Å². The lowest BCUT2D eigenvalue weighted by molar-refractivity contribution is -0.00652. The van der Waals surface area contributed by atoms with Crippen LogP contribution >= 0.6 is 0 Å². The second-order valence-corrected chi connectivity index (χ2v) is 7.34. The van der Waals surface area contributed by atoms with Gasteiger partial charge in [-0.1, -0.05) is 13.8 Å². The predicted octanol–water partition coefficient (Wildman–Crippen LogP) is 1.99. The van der Waals surface area contributed by atoms with Crippen molar-refractivity contribution in [2.45, 2.75) is 37.8 Å². The van der Waals surface area contributed by atoms with Crippen molar-refractivity contribution in [3.8, 4) is 0 Å². The van der Waals surface area contributed by atoms with E-state index < -0.39 is 26.6 Å². The van der Waals surface area contributed by atoms with Gasteiger partial charge in [-0.25, -0.2) is 18.4 Å². The van der Waals surface area contributed by atoms with Crippen molar-refractivity contribution in [2.75, 3.05) is 18.1 Å². The first-order valence-electron chi connectivity index (χ1n) is 6.34. The maximum Gasteiger partial charge on any atom is 0.290 e. The number of hydrogen-bond donors (Lipinski definition) is 1. The number of nitrogens with zero attached hydrogens (tertiary/aromatic N) is 2. The smallest absolute Gasteiger partial charge is 0.290 e. The van der Waals surface area contributed by atoms with Crippen molar-refractivity contribution in [1.29, 1.82) is 0 Å². The van der Waals surface area contributed by atoms with Crippen LogP contribution in [0, 0.1) is 5.92 Å². The SMILES string of the molecule is CC(C)CNc1nc(S(C)(=O)=O)nc2c1CCC2(F)F. The quantitative estimate of drug-likeness (QED) is 0.861. The molecule has 0 spiro atoms. The van der Waals surface area contributed by atoms with E-state index in [1.54, 1.807) is 0 Å². The van der Waals surface area contributed by atoms with Crippen molar-refractivity contribution in [3.05, 3.63) is 11.3 Å². The van der Waals surface area contributed by atoms with Crippen molar-refractivity contribution >= 4 is 15.7 Å². The molecule has 0 fully saturated rings. The van der Waals surface area contributed by atoms with Gasteiger partial charge in [0.2, 0.25) is 15.0 Å². The van der Waals surface area contributed by atoms with E-state index in [1.165, 1.54) is 0 Å². The lowest BCUT2D eigenvalue weighted by Crippen LogP contribution is -2.18. The summed E-state index contributed by atoms with van der Waals surface area (Å²) in [5, 5.41) is 2.39. The Hall–Kier alpha value is -1.31. The van der Waals surface area contributed by atoms with Gasteiger partial charge in [-0.05, 0) is 12.3 Å². The van der Waals surface area contributed by atoms with Gasteiger partial charge >= 0.3 is 0 Å². The Morgan fingerprint density at radius 2 is 2.00 bits per heavy atom. The highest BCUT2D eigenvalue weighted by atomic mass is 32.2. The van der Waals surface area contributed by atoms with E-state index in [2.05, 4.69) is 15.3 Å². The summed E-state index contributed by atoms with van der Waals surface area (Å²) in [6.07, 6.45) is 0.696. The molecule has 0 radical (unpaired) electrons. The second kappa shape index (κ2) is 4.91. The Kier molecular flexibility index (Phi) is 3.70. The summed E-state index contributed by atoms with van der Waals surface area (Å²) in [6, 6.07) is 0. The zero-order valence-electron chi connectivity index (χ0n) is 11.6. The first-order valence-corrected chi connectivity index (χ1v) is 8.23. The lowest BCUT2D eigenvalue weighted by Gasteiger charge is -2.14. The van der Waals surface area contributed by atoms with E-state index >= 15 is 0 Å². The molecule has 1 heterocycles. The Bertz CT molecular complexity index is 630. The molecule has 112 valence electrons. The molecule has 0 atom stereocenters. The van der Waals surface area contributed by atoms with Crippen molar-refractivity contribution in [2.24, 2.45) is 5.92 Å². The second-order valence-electron chi connectivity index (χ2n) is 5.43. The molecule has 20 heavy (non-hydrogen) atoms. The molecule has 8 heteroatoms. The molecular formula is C12H17F2N3O2S. The van der Waals surface area contributed by atoms with Gasteiger partial charge in [0.25, 0.3) is 5.92 Å². The third-order valence-corrected chi connectivity index (χ3v) is 3.88. The monoisotopic (exact) mass is 305 g/mol. The van der Waals surface area contributed by atoms with Crippen LogP contribution in [0.15, 0.2) is 5.16 Å². The molecule has 0 unspecified atom stereocenters. The van der Waals surface area contributed by atoms with E-state index in [0.717, 1.165) is 6.26 Å². The minimum atomic E-state index is -3.73. The Morgan fingerprint density at radius 3 is 2.55 bits per heavy atom. The summed E-state index contributed by atoms with van der Waals surface area (Å²) < 4.78 is 50.6. The van der Waals surface area contributed by atoms with Gasteiger partial charge in [0.15, 0.2) is 0 Å². The molecule has 0 aromatic carbocycles. The molecule has 0 amide bonds. The molecule has 1 N–H and O–H groups in total. The summed E-state index contributed by atoms with van der Waals surface area (Å²) in [7, 11) is -3.73. The number of sulfone groups is 1. The zero-order valence-corrected chi connectivity index (χ0v) is 12.4. The topological polar surface area (TPSA) is 72.0 Å². The largest absolute Gasteiger partial charge is 0.369 e. The number of alkyl halides is 2. The van der Waals surface area contributed by atoms with Gasteiger partial charge in [0.1, 0.15) is 11.5 Å². The van der Waals surface area contributed by atoms with Gasteiger partial charge in [-0.3, -0.25) is 0 Å². The van der Waals surface area contributed by atoms with Crippen LogP contribution in [-0.2, 0) is 22.2 Å². The molecule has 0 bridgehead atoms. The molecule has 1 aliphatic carbocycles. The maximum atomic E-state index is 13.8. The van der Waals surface area contributed by atoms with Gasteiger partial charge < -0.3 is 5.32 Å². The van der Waals surface area contributed by atoms with Gasteiger partial charge in [0.05, 0.1) is 0 Å². The minimum absolute atomic E-state index is 0.146. The fourth-order valence-electron chi connectivity index (χ4n) is 2.02. The summed E-state index contributed by atoms with van der Waals surface area (Å²) >= 11 is 0. The normalized spacial score (nSPS) is 17.3. The van der Waals surface area contributed by atoms with Gasteiger partial charge in [-0.15, -0.1) is 0 Å². The molecule has 0 aliphatic heterocycles. The Labute approximate surface area is 116 Å². The minimum Gasteiger partial charge on any atom is -0.369 e. The zero-order chi connectivity index (χ0) is 15.1. The predicted molar refractivity (Wildman–Crippen MR) is 70.7 cm³/mol. The number of rotatable bonds is 4. The van der Waals surface area contributed by atoms with Crippen molar-refractivity contribution in [1.82, 2.24) is 9.97 Å². The molecule has 1 aliphatic rings. The number of anilines is 1. The summed E-state index contributed by atoms with van der Waals surface area (Å²) in [5.74, 6) is -2.60. The molecule has 0 saturated carbocycles. The summed E-state index contributed by atoms with van der Waals surface area (Å²) in [5.41, 5.74) is -0.137. The van der Waals surface area contributed by atoms with E-state index in [4.69, 9.17) is 0 Å². The van der Waals surface area contributed by atoms with Crippen LogP contribution in [0.2, 0.25) is 0 Å². The number of nitrogens with one attached hydrogen (secondary N) is 1. The maximum absolute atomic E-state index is 13.8. The third kappa shape index (κ3) is 2.89. The fourth-order valence-corrected chi connectivity index (χ4v) is 2.53. The lowest BCUT2D eigenvalue weighted by atomic mass is 10.2.